The first-order valence-corrected chi connectivity index (χ1v) is 11.6. The number of hydrogen-bond donors (Lipinski definition) is 1. The SMILES string of the molecule is Cc1nc(CNC(=O)[C@H]2CSCN2S(=O)(=O)c2ccc(Cl)s2)cs1. The molecule has 6 nitrogen and oxygen atoms in total. The van der Waals surface area contributed by atoms with E-state index in [0.29, 0.717) is 16.6 Å². The number of halogens is 1. The predicted octanol–water partition coefficient (Wildman–Crippen LogP) is 2.55. The van der Waals surface area contributed by atoms with E-state index < -0.39 is 16.1 Å². The highest BCUT2D eigenvalue weighted by Crippen LogP contribution is 2.33. The summed E-state index contributed by atoms with van der Waals surface area (Å²) in [5.74, 6) is 0.378. The fraction of sp³-hybridized carbons (Fsp3) is 0.385. The number of nitrogens with zero attached hydrogens (tertiary/aromatic N) is 2. The van der Waals surface area contributed by atoms with Crippen LogP contribution in [0.3, 0.4) is 0 Å². The van der Waals surface area contributed by atoms with E-state index in [0.717, 1.165) is 22.0 Å². The van der Waals surface area contributed by atoms with Gasteiger partial charge in [-0.2, -0.15) is 4.31 Å². The largest absolute Gasteiger partial charge is 0.349 e. The van der Waals surface area contributed by atoms with E-state index in [4.69, 9.17) is 11.6 Å². The Balaban J connectivity index is 1.71. The molecular weight excluding hydrogens is 410 g/mol. The molecule has 0 saturated carbocycles. The lowest BCUT2D eigenvalue weighted by molar-refractivity contribution is -0.124. The molecule has 3 rings (SSSR count). The lowest BCUT2D eigenvalue weighted by Gasteiger charge is -2.21. The van der Waals surface area contributed by atoms with Gasteiger partial charge in [-0.15, -0.1) is 34.4 Å². The van der Waals surface area contributed by atoms with Crippen LogP contribution in [0.2, 0.25) is 4.34 Å². The number of aromatic nitrogens is 1. The van der Waals surface area contributed by atoms with Crippen LogP contribution in [0.5, 0.6) is 0 Å². The van der Waals surface area contributed by atoms with Gasteiger partial charge >= 0.3 is 0 Å². The number of nitrogens with one attached hydrogen (secondary N) is 1. The molecule has 2 aromatic rings. The van der Waals surface area contributed by atoms with Gasteiger partial charge in [0.15, 0.2) is 0 Å². The number of thiazole rings is 1. The van der Waals surface area contributed by atoms with Crippen LogP contribution >= 0.6 is 46.0 Å². The van der Waals surface area contributed by atoms with Crippen LogP contribution < -0.4 is 5.32 Å². The first-order chi connectivity index (χ1) is 11.4. The zero-order valence-corrected chi connectivity index (χ0v) is 16.6. The van der Waals surface area contributed by atoms with Gasteiger partial charge in [-0.25, -0.2) is 13.4 Å². The lowest BCUT2D eigenvalue weighted by atomic mass is 10.3. The highest BCUT2D eigenvalue weighted by atomic mass is 35.5. The molecule has 3 heterocycles. The maximum absolute atomic E-state index is 12.7. The molecule has 2 aromatic heterocycles. The monoisotopic (exact) mass is 423 g/mol. The Morgan fingerprint density at radius 3 is 2.92 bits per heavy atom. The smallest absolute Gasteiger partial charge is 0.254 e. The number of thioether (sulfide) groups is 1. The molecule has 0 spiro atoms. The Hall–Kier alpha value is -0.650. The Morgan fingerprint density at radius 2 is 2.29 bits per heavy atom. The molecule has 0 aliphatic carbocycles. The first kappa shape index (κ1) is 18.2. The summed E-state index contributed by atoms with van der Waals surface area (Å²) in [6.45, 7) is 2.19. The summed E-state index contributed by atoms with van der Waals surface area (Å²) in [4.78, 5) is 16.7. The van der Waals surface area contributed by atoms with Gasteiger partial charge < -0.3 is 5.32 Å². The molecule has 1 fully saturated rings. The molecule has 1 aliphatic rings. The van der Waals surface area contributed by atoms with E-state index >= 15 is 0 Å². The summed E-state index contributed by atoms with van der Waals surface area (Å²) >= 11 is 9.76. The van der Waals surface area contributed by atoms with Gasteiger partial charge in [0.05, 0.1) is 27.5 Å². The average molecular weight is 424 g/mol. The third kappa shape index (κ3) is 3.78. The highest BCUT2D eigenvalue weighted by Gasteiger charge is 2.40. The number of carbonyl (C=O) groups excluding carboxylic acids is 1. The quantitative estimate of drug-likeness (QED) is 0.799. The third-order valence-corrected chi connectivity index (χ3v) is 8.92. The van der Waals surface area contributed by atoms with Crippen molar-refractivity contribution in [3.63, 3.8) is 0 Å². The summed E-state index contributed by atoms with van der Waals surface area (Å²) in [6, 6.07) is 2.29. The summed E-state index contributed by atoms with van der Waals surface area (Å²) in [5, 5.41) is 5.58. The molecule has 24 heavy (non-hydrogen) atoms. The van der Waals surface area contributed by atoms with E-state index in [1.165, 1.54) is 33.5 Å². The number of thiophene rings is 1. The summed E-state index contributed by atoms with van der Waals surface area (Å²) in [6.07, 6.45) is 0. The Labute approximate surface area is 157 Å². The fourth-order valence-corrected chi connectivity index (χ4v) is 7.58. The Kier molecular flexibility index (Phi) is 5.52. The first-order valence-electron chi connectivity index (χ1n) is 6.91. The Morgan fingerprint density at radius 1 is 1.50 bits per heavy atom. The molecule has 0 unspecified atom stereocenters. The van der Waals surface area contributed by atoms with Crippen molar-refractivity contribution in [3.8, 4) is 0 Å². The second kappa shape index (κ2) is 7.30. The molecule has 1 atom stereocenters. The van der Waals surface area contributed by atoms with E-state index in [9.17, 15) is 13.2 Å². The topological polar surface area (TPSA) is 79.4 Å². The van der Waals surface area contributed by atoms with Crippen LogP contribution in [0.25, 0.3) is 0 Å². The van der Waals surface area contributed by atoms with Crippen LogP contribution in [0.1, 0.15) is 10.7 Å². The molecule has 0 aromatic carbocycles. The minimum atomic E-state index is -3.72. The van der Waals surface area contributed by atoms with Crippen LogP contribution in [0, 0.1) is 6.92 Å². The summed E-state index contributed by atoms with van der Waals surface area (Å²) in [7, 11) is -3.72. The van der Waals surface area contributed by atoms with Gasteiger partial charge in [0.2, 0.25) is 5.91 Å². The zero-order valence-electron chi connectivity index (χ0n) is 12.6. The van der Waals surface area contributed by atoms with Crippen molar-refractivity contribution in [3.05, 3.63) is 32.6 Å². The van der Waals surface area contributed by atoms with E-state index in [1.54, 1.807) is 6.07 Å². The van der Waals surface area contributed by atoms with Crippen LogP contribution in [-0.4, -0.2) is 41.3 Å². The predicted molar refractivity (Wildman–Crippen MR) is 98.2 cm³/mol. The summed E-state index contributed by atoms with van der Waals surface area (Å²) < 4.78 is 27.2. The van der Waals surface area contributed by atoms with Crippen molar-refractivity contribution >= 4 is 62.0 Å². The lowest BCUT2D eigenvalue weighted by Crippen LogP contribution is -2.46. The van der Waals surface area contributed by atoms with E-state index in [1.807, 2.05) is 12.3 Å². The molecule has 1 saturated heterocycles. The molecule has 1 N–H and O–H groups in total. The number of carbonyl (C=O) groups is 1. The third-order valence-electron chi connectivity index (χ3n) is 3.37. The van der Waals surface area contributed by atoms with Gasteiger partial charge in [0, 0.05) is 11.1 Å². The fourth-order valence-electron chi connectivity index (χ4n) is 2.21. The zero-order chi connectivity index (χ0) is 17.3. The van der Waals surface area contributed by atoms with Crippen molar-refractivity contribution in [1.82, 2.24) is 14.6 Å². The van der Waals surface area contributed by atoms with Crippen molar-refractivity contribution in [1.29, 1.82) is 0 Å². The van der Waals surface area contributed by atoms with Crippen molar-refractivity contribution in [2.24, 2.45) is 0 Å². The molecule has 1 aliphatic heterocycles. The molecule has 0 bridgehead atoms. The maximum Gasteiger partial charge on any atom is 0.254 e. The van der Waals surface area contributed by atoms with Crippen molar-refractivity contribution in [2.45, 2.75) is 23.7 Å². The summed E-state index contributed by atoms with van der Waals surface area (Å²) in [5.41, 5.74) is 0.774. The van der Waals surface area contributed by atoms with Gasteiger partial charge in [0.1, 0.15) is 10.3 Å². The number of hydrogen-bond acceptors (Lipinski definition) is 7. The van der Waals surface area contributed by atoms with Gasteiger partial charge in [-0.05, 0) is 19.1 Å². The molecule has 1 amide bonds. The second-order valence-electron chi connectivity index (χ2n) is 5.04. The molecular formula is C13H14ClN3O3S4. The van der Waals surface area contributed by atoms with E-state index in [-0.39, 0.29) is 16.0 Å². The normalized spacial score (nSPS) is 18.8. The standard InChI is InChI=1S/C13H14ClN3O3S4/c1-8-16-9(5-22-8)4-15-13(18)10-6-21-7-17(10)24(19,20)12-3-2-11(14)23-12/h2-3,5,10H,4,6-7H2,1H3,(H,15,18)/t10-/m1/s1. The molecule has 130 valence electrons. The minimum absolute atomic E-state index is 0.155. The van der Waals surface area contributed by atoms with Gasteiger partial charge in [-0.3, -0.25) is 4.79 Å². The van der Waals surface area contributed by atoms with Crippen LogP contribution in [-0.2, 0) is 21.4 Å². The van der Waals surface area contributed by atoms with Crippen LogP contribution in [0.15, 0.2) is 21.7 Å². The number of rotatable bonds is 5. The average Bonchev–Trinajstić information content (AvgIpc) is 3.25. The van der Waals surface area contributed by atoms with E-state index in [2.05, 4.69) is 10.3 Å². The van der Waals surface area contributed by atoms with Gasteiger partial charge in [-0.1, -0.05) is 11.6 Å². The Bertz CT molecular complexity index is 848. The van der Waals surface area contributed by atoms with Crippen LogP contribution in [0.4, 0.5) is 0 Å². The maximum atomic E-state index is 12.7. The number of amides is 1. The molecule has 0 radical (unpaired) electrons. The second-order valence-corrected chi connectivity index (χ2v) is 10.9. The molecule has 11 heteroatoms. The highest BCUT2D eigenvalue weighted by molar-refractivity contribution is 8.01. The van der Waals surface area contributed by atoms with Crippen molar-refractivity contribution < 1.29 is 13.2 Å². The number of sulfonamides is 1. The van der Waals surface area contributed by atoms with Gasteiger partial charge in [0.25, 0.3) is 10.0 Å². The van der Waals surface area contributed by atoms with Crippen molar-refractivity contribution in [2.75, 3.05) is 11.6 Å². The number of aryl methyl sites for hydroxylation is 1. The minimum Gasteiger partial charge on any atom is -0.349 e.